The number of aromatic amines is 1. The first-order valence-corrected chi connectivity index (χ1v) is 12.6. The average Bonchev–Trinajstić information content (AvgIpc) is 3.64. The fourth-order valence-corrected chi connectivity index (χ4v) is 4.27. The van der Waals surface area contributed by atoms with Crippen LogP contribution in [0.3, 0.4) is 0 Å². The number of H-pyrrole nitrogens is 1. The van der Waals surface area contributed by atoms with Gasteiger partial charge in [0, 0.05) is 41.9 Å². The van der Waals surface area contributed by atoms with Crippen molar-refractivity contribution in [1.82, 2.24) is 19.9 Å². The Morgan fingerprint density at radius 2 is 1.77 bits per heavy atom. The number of aliphatic carboxylic acids is 2. The molecule has 0 atom stereocenters. The third-order valence-electron chi connectivity index (χ3n) is 6.17. The summed E-state index contributed by atoms with van der Waals surface area (Å²) in [5.41, 5.74) is 1.34. The Morgan fingerprint density at radius 3 is 2.48 bits per heavy atom. The maximum atomic E-state index is 14.8. The molecule has 1 aliphatic rings. The van der Waals surface area contributed by atoms with Crippen molar-refractivity contribution < 1.29 is 38.4 Å². The lowest BCUT2D eigenvalue weighted by molar-refractivity contribution is -0.134. The van der Waals surface area contributed by atoms with Crippen molar-refractivity contribution in [3.8, 4) is 23.1 Å². The molecule has 1 aliphatic heterocycles. The molecule has 3 N–H and O–H groups in total. The Bertz CT molecular complexity index is 1500. The Hall–Kier alpha value is -4.71. The summed E-state index contributed by atoms with van der Waals surface area (Å²) >= 11 is 0. The summed E-state index contributed by atoms with van der Waals surface area (Å²) in [6, 6.07) is 8.60. The highest BCUT2D eigenvalue weighted by molar-refractivity contribution is 5.89. The summed E-state index contributed by atoms with van der Waals surface area (Å²) in [6.07, 6.45) is 7.72. The molecular formula is C28H29FN4O7. The monoisotopic (exact) mass is 552 g/mol. The third-order valence-corrected chi connectivity index (χ3v) is 6.17. The summed E-state index contributed by atoms with van der Waals surface area (Å²) in [4.78, 5) is 33.1. The molecule has 0 amide bonds. The standard InChI is InChI=1S/C24H25FN4O3.C4H4O4/c1-30-21-13-17-19(14-22(21)31-12-4-11-29-9-2-3-10-29)27-15-28-24(17)32-20-6-5-18-16(23(20)25)7-8-26-18;5-3(6)1-2-4(7)8/h5-8,13-15,26H,2-4,9-12H2,1H3;1-2H,(H,5,6)(H,7,8)/b;2-1-. The summed E-state index contributed by atoms with van der Waals surface area (Å²) in [7, 11) is 1.59. The van der Waals surface area contributed by atoms with E-state index in [0.29, 0.717) is 52.1 Å². The van der Waals surface area contributed by atoms with Crippen molar-refractivity contribution in [1.29, 1.82) is 0 Å². The second-order valence-corrected chi connectivity index (χ2v) is 8.88. The third kappa shape index (κ3) is 7.23. The molecule has 1 fully saturated rings. The molecule has 40 heavy (non-hydrogen) atoms. The molecule has 12 heteroatoms. The lowest BCUT2D eigenvalue weighted by Gasteiger charge is -2.16. The minimum absolute atomic E-state index is 0.0957. The predicted molar refractivity (Wildman–Crippen MR) is 145 cm³/mol. The number of ether oxygens (including phenoxy) is 3. The zero-order valence-corrected chi connectivity index (χ0v) is 21.8. The number of likely N-dealkylation sites (tertiary alicyclic amines) is 1. The van der Waals surface area contributed by atoms with Crippen LogP contribution in [-0.4, -0.2) is 75.4 Å². The predicted octanol–water partition coefficient (Wildman–Crippen LogP) is 4.63. The molecule has 2 aromatic carbocycles. The van der Waals surface area contributed by atoms with Gasteiger partial charge in [0.25, 0.3) is 0 Å². The molecule has 0 aliphatic carbocycles. The Balaban J connectivity index is 0.000000406. The molecule has 0 radical (unpaired) electrons. The number of methoxy groups -OCH3 is 1. The van der Waals surface area contributed by atoms with Gasteiger partial charge in [0.05, 0.1) is 24.6 Å². The molecule has 1 saturated heterocycles. The van der Waals surface area contributed by atoms with Gasteiger partial charge in [0.2, 0.25) is 5.88 Å². The molecule has 2 aromatic heterocycles. The van der Waals surface area contributed by atoms with E-state index in [-0.39, 0.29) is 11.6 Å². The van der Waals surface area contributed by atoms with Crippen LogP contribution in [0.2, 0.25) is 0 Å². The van der Waals surface area contributed by atoms with E-state index in [4.69, 9.17) is 24.4 Å². The first-order chi connectivity index (χ1) is 19.4. The molecule has 0 unspecified atom stereocenters. The number of rotatable bonds is 10. The van der Waals surface area contributed by atoms with Crippen LogP contribution in [0.4, 0.5) is 4.39 Å². The Kier molecular flexibility index (Phi) is 9.47. The van der Waals surface area contributed by atoms with E-state index in [1.165, 1.54) is 32.3 Å². The summed E-state index contributed by atoms with van der Waals surface area (Å²) in [5, 5.41) is 16.7. The number of hydrogen-bond acceptors (Lipinski definition) is 8. The number of carboxylic acids is 2. The molecule has 4 aromatic rings. The van der Waals surface area contributed by atoms with Crippen LogP contribution >= 0.6 is 0 Å². The number of nitrogens with one attached hydrogen (secondary N) is 1. The van der Waals surface area contributed by atoms with Crippen molar-refractivity contribution in [2.75, 3.05) is 33.4 Å². The Morgan fingerprint density at radius 1 is 1.02 bits per heavy atom. The van der Waals surface area contributed by atoms with Gasteiger partial charge in [-0.2, -0.15) is 0 Å². The smallest absolute Gasteiger partial charge is 0.328 e. The topological polar surface area (TPSA) is 147 Å². The van der Waals surface area contributed by atoms with E-state index in [1.807, 2.05) is 6.07 Å². The first-order valence-electron chi connectivity index (χ1n) is 12.6. The van der Waals surface area contributed by atoms with Crippen LogP contribution in [0.25, 0.3) is 21.8 Å². The molecule has 210 valence electrons. The zero-order chi connectivity index (χ0) is 28.5. The number of hydrogen-bond donors (Lipinski definition) is 3. The van der Waals surface area contributed by atoms with Crippen LogP contribution in [0, 0.1) is 5.82 Å². The van der Waals surface area contributed by atoms with E-state index in [2.05, 4.69) is 19.9 Å². The zero-order valence-electron chi connectivity index (χ0n) is 21.8. The maximum absolute atomic E-state index is 14.8. The van der Waals surface area contributed by atoms with Crippen molar-refractivity contribution in [3.63, 3.8) is 0 Å². The Labute approximate surface area is 228 Å². The van der Waals surface area contributed by atoms with Crippen LogP contribution in [0.1, 0.15) is 19.3 Å². The molecule has 5 rings (SSSR count). The molecule has 0 saturated carbocycles. The number of benzene rings is 2. The second kappa shape index (κ2) is 13.4. The van der Waals surface area contributed by atoms with Crippen LogP contribution in [0.15, 0.2) is 55.0 Å². The van der Waals surface area contributed by atoms with Gasteiger partial charge in [0.15, 0.2) is 23.1 Å². The molecule has 0 bridgehead atoms. The molecule has 0 spiro atoms. The van der Waals surface area contributed by atoms with Gasteiger partial charge < -0.3 is 34.3 Å². The van der Waals surface area contributed by atoms with Gasteiger partial charge in [-0.15, -0.1) is 0 Å². The minimum atomic E-state index is -1.26. The van der Waals surface area contributed by atoms with Crippen LogP contribution in [0.5, 0.6) is 23.1 Å². The normalized spacial score (nSPS) is 13.3. The van der Waals surface area contributed by atoms with Gasteiger partial charge >= 0.3 is 11.9 Å². The fraction of sp³-hybridized carbons (Fsp3) is 0.286. The highest BCUT2D eigenvalue weighted by Gasteiger charge is 2.16. The van der Waals surface area contributed by atoms with Gasteiger partial charge in [0.1, 0.15) is 6.33 Å². The second-order valence-electron chi connectivity index (χ2n) is 8.88. The maximum Gasteiger partial charge on any atom is 0.328 e. The van der Waals surface area contributed by atoms with Gasteiger partial charge in [-0.1, -0.05) is 0 Å². The van der Waals surface area contributed by atoms with Gasteiger partial charge in [-0.25, -0.2) is 23.9 Å². The van der Waals surface area contributed by atoms with E-state index < -0.39 is 17.8 Å². The van der Waals surface area contributed by atoms with E-state index >= 15 is 0 Å². The lowest BCUT2D eigenvalue weighted by Crippen LogP contribution is -2.21. The van der Waals surface area contributed by atoms with Crippen molar-refractivity contribution in [3.05, 3.63) is 60.8 Å². The van der Waals surface area contributed by atoms with E-state index in [1.54, 1.807) is 37.6 Å². The number of fused-ring (bicyclic) bond motifs is 2. The number of nitrogens with zero attached hydrogens (tertiary/aromatic N) is 3. The minimum Gasteiger partial charge on any atom is -0.493 e. The van der Waals surface area contributed by atoms with Crippen LogP contribution in [-0.2, 0) is 9.59 Å². The molecule has 11 nitrogen and oxygen atoms in total. The number of carbonyl (C=O) groups is 2. The average molecular weight is 553 g/mol. The number of halogens is 1. The first kappa shape index (κ1) is 28.3. The van der Waals surface area contributed by atoms with Crippen molar-refractivity contribution >= 4 is 33.7 Å². The number of carboxylic acid groups (broad SMARTS) is 2. The van der Waals surface area contributed by atoms with E-state index in [9.17, 15) is 14.0 Å². The largest absolute Gasteiger partial charge is 0.493 e. The fourth-order valence-electron chi connectivity index (χ4n) is 4.27. The van der Waals surface area contributed by atoms with E-state index in [0.717, 1.165) is 13.0 Å². The van der Waals surface area contributed by atoms with Gasteiger partial charge in [-0.05, 0) is 56.6 Å². The highest BCUT2D eigenvalue weighted by atomic mass is 19.1. The summed E-state index contributed by atoms with van der Waals surface area (Å²) < 4.78 is 32.2. The lowest BCUT2D eigenvalue weighted by atomic mass is 10.2. The molecular weight excluding hydrogens is 523 g/mol. The number of aromatic nitrogens is 3. The highest BCUT2D eigenvalue weighted by Crippen LogP contribution is 2.37. The summed E-state index contributed by atoms with van der Waals surface area (Å²) in [6.45, 7) is 3.98. The van der Waals surface area contributed by atoms with Crippen LogP contribution < -0.4 is 14.2 Å². The SMILES string of the molecule is COc1cc2c(Oc3ccc4[nH]ccc4c3F)ncnc2cc1OCCCN1CCCC1.O=C(O)/C=C\C(=O)O. The van der Waals surface area contributed by atoms with Gasteiger partial charge in [-0.3, -0.25) is 0 Å². The quantitative estimate of drug-likeness (QED) is 0.188. The molecule has 3 heterocycles. The summed E-state index contributed by atoms with van der Waals surface area (Å²) in [5.74, 6) is -1.44. The van der Waals surface area contributed by atoms with Crippen molar-refractivity contribution in [2.45, 2.75) is 19.3 Å². The van der Waals surface area contributed by atoms with Crippen molar-refractivity contribution in [2.24, 2.45) is 0 Å².